The Bertz CT molecular complexity index is 816. The fraction of sp³-hybridized carbons (Fsp3) is 0.350. The van der Waals surface area contributed by atoms with Gasteiger partial charge in [0, 0.05) is 5.92 Å². The lowest BCUT2D eigenvalue weighted by Gasteiger charge is -2.20. The number of rotatable bonds is 4. The summed E-state index contributed by atoms with van der Waals surface area (Å²) in [5.74, 6) is -0.605. The van der Waals surface area contributed by atoms with Crippen LogP contribution in [0, 0.1) is 18.7 Å². The van der Waals surface area contributed by atoms with E-state index in [0.717, 1.165) is 31.2 Å². The van der Waals surface area contributed by atoms with Crippen molar-refractivity contribution >= 4 is 23.3 Å². The highest BCUT2D eigenvalue weighted by Gasteiger charge is 2.21. The number of anilines is 2. The average Bonchev–Trinajstić information content (AvgIpc) is 2.65. The fourth-order valence-corrected chi connectivity index (χ4v) is 3.18. The lowest BCUT2D eigenvalue weighted by Crippen LogP contribution is -2.25. The van der Waals surface area contributed by atoms with Crippen molar-refractivity contribution in [1.29, 1.82) is 0 Å². The van der Waals surface area contributed by atoms with Gasteiger partial charge in [0.1, 0.15) is 11.6 Å². The molecule has 26 heavy (non-hydrogen) atoms. The van der Waals surface area contributed by atoms with E-state index in [4.69, 9.17) is 0 Å². The standard InChI is InChI=1S/C20H22FN3O2/c1-13-11-18(24-19(25)14-7-3-2-4-8-14)22-12-17(13)23-20(26)15-9-5-6-10-16(15)21/h5-6,9-12,14H,2-4,7-8H2,1H3,(H,23,26)(H,22,24,25). The SMILES string of the molecule is Cc1cc(NC(=O)C2CCCCC2)ncc1NC(=O)c1ccccc1F. The molecule has 0 spiro atoms. The number of hydrogen-bond acceptors (Lipinski definition) is 3. The van der Waals surface area contributed by atoms with Gasteiger partial charge in [-0.25, -0.2) is 9.37 Å². The second-order valence-electron chi connectivity index (χ2n) is 6.64. The third kappa shape index (κ3) is 4.25. The molecule has 2 aromatic rings. The summed E-state index contributed by atoms with van der Waals surface area (Å²) in [6.07, 6.45) is 6.68. The van der Waals surface area contributed by atoms with Gasteiger partial charge < -0.3 is 10.6 Å². The van der Waals surface area contributed by atoms with Gasteiger partial charge in [-0.1, -0.05) is 31.4 Å². The van der Waals surface area contributed by atoms with Crippen molar-refractivity contribution in [2.24, 2.45) is 5.92 Å². The van der Waals surface area contributed by atoms with Gasteiger partial charge in [0.2, 0.25) is 5.91 Å². The number of carbonyl (C=O) groups excluding carboxylic acids is 2. The molecule has 3 rings (SSSR count). The number of benzene rings is 1. The molecule has 0 aliphatic heterocycles. The third-order valence-corrected chi connectivity index (χ3v) is 4.70. The number of pyridine rings is 1. The number of aromatic nitrogens is 1. The Morgan fingerprint density at radius 3 is 2.54 bits per heavy atom. The second-order valence-corrected chi connectivity index (χ2v) is 6.64. The van der Waals surface area contributed by atoms with Gasteiger partial charge in [0.15, 0.2) is 0 Å². The van der Waals surface area contributed by atoms with Crippen molar-refractivity contribution in [3.8, 4) is 0 Å². The predicted molar refractivity (Wildman–Crippen MR) is 98.5 cm³/mol. The van der Waals surface area contributed by atoms with Crippen LogP contribution in [0.5, 0.6) is 0 Å². The molecule has 0 radical (unpaired) electrons. The number of nitrogens with zero attached hydrogens (tertiary/aromatic N) is 1. The normalized spacial score (nSPS) is 14.7. The van der Waals surface area contributed by atoms with Crippen LogP contribution < -0.4 is 10.6 Å². The first-order valence-electron chi connectivity index (χ1n) is 8.88. The summed E-state index contributed by atoms with van der Waals surface area (Å²) in [5.41, 5.74) is 1.19. The minimum absolute atomic E-state index is 0.000239. The largest absolute Gasteiger partial charge is 0.320 e. The molecule has 6 heteroatoms. The van der Waals surface area contributed by atoms with Gasteiger partial charge in [-0.15, -0.1) is 0 Å². The molecular weight excluding hydrogens is 333 g/mol. The van der Waals surface area contributed by atoms with Gasteiger partial charge in [-0.05, 0) is 43.5 Å². The molecule has 2 amide bonds. The molecule has 1 saturated carbocycles. The monoisotopic (exact) mass is 355 g/mol. The van der Waals surface area contributed by atoms with Crippen molar-refractivity contribution in [3.05, 3.63) is 53.5 Å². The van der Waals surface area contributed by atoms with Crippen LogP contribution in [0.1, 0.15) is 48.0 Å². The Balaban J connectivity index is 1.66. The predicted octanol–water partition coefficient (Wildman–Crippen LogP) is 4.30. The molecule has 1 aromatic carbocycles. The number of halogens is 1. The average molecular weight is 355 g/mol. The summed E-state index contributed by atoms with van der Waals surface area (Å²) in [5, 5.41) is 5.51. The first-order chi connectivity index (χ1) is 12.5. The van der Waals surface area contributed by atoms with E-state index >= 15 is 0 Å². The summed E-state index contributed by atoms with van der Waals surface area (Å²) >= 11 is 0. The highest BCUT2D eigenvalue weighted by Crippen LogP contribution is 2.25. The van der Waals surface area contributed by atoms with Crippen molar-refractivity contribution in [3.63, 3.8) is 0 Å². The summed E-state index contributed by atoms with van der Waals surface area (Å²) < 4.78 is 13.7. The van der Waals surface area contributed by atoms with Crippen LogP contribution in [0.25, 0.3) is 0 Å². The number of amides is 2. The van der Waals surface area contributed by atoms with Crippen LogP contribution in [0.15, 0.2) is 36.5 Å². The maximum absolute atomic E-state index is 13.7. The van der Waals surface area contributed by atoms with Gasteiger partial charge >= 0.3 is 0 Å². The van der Waals surface area contributed by atoms with Gasteiger partial charge in [-0.3, -0.25) is 9.59 Å². The van der Waals surface area contributed by atoms with E-state index in [2.05, 4.69) is 15.6 Å². The molecular formula is C20H22FN3O2. The van der Waals surface area contributed by atoms with Crippen molar-refractivity contribution < 1.29 is 14.0 Å². The minimum Gasteiger partial charge on any atom is -0.320 e. The number of carbonyl (C=O) groups is 2. The molecule has 136 valence electrons. The van der Waals surface area contributed by atoms with Crippen LogP contribution in [0.2, 0.25) is 0 Å². The zero-order chi connectivity index (χ0) is 18.5. The fourth-order valence-electron chi connectivity index (χ4n) is 3.18. The van der Waals surface area contributed by atoms with E-state index in [0.29, 0.717) is 11.5 Å². The zero-order valence-electron chi connectivity index (χ0n) is 14.7. The first-order valence-corrected chi connectivity index (χ1v) is 8.88. The van der Waals surface area contributed by atoms with Crippen molar-refractivity contribution in [2.75, 3.05) is 10.6 Å². The number of hydrogen-bond donors (Lipinski definition) is 2. The smallest absolute Gasteiger partial charge is 0.258 e. The molecule has 1 aliphatic rings. The van der Waals surface area contributed by atoms with E-state index in [9.17, 15) is 14.0 Å². The van der Waals surface area contributed by atoms with Gasteiger partial charge in [-0.2, -0.15) is 0 Å². The van der Waals surface area contributed by atoms with Crippen LogP contribution in [0.4, 0.5) is 15.9 Å². The van der Waals surface area contributed by atoms with E-state index in [-0.39, 0.29) is 17.4 Å². The molecule has 1 aliphatic carbocycles. The van der Waals surface area contributed by atoms with Crippen molar-refractivity contribution in [1.82, 2.24) is 4.98 Å². The molecule has 0 bridgehead atoms. The van der Waals surface area contributed by atoms with Crippen molar-refractivity contribution in [2.45, 2.75) is 39.0 Å². The third-order valence-electron chi connectivity index (χ3n) is 4.70. The quantitative estimate of drug-likeness (QED) is 0.859. The molecule has 1 heterocycles. The Morgan fingerprint density at radius 2 is 1.85 bits per heavy atom. The van der Waals surface area contributed by atoms with Crippen LogP contribution in [-0.4, -0.2) is 16.8 Å². The maximum atomic E-state index is 13.7. The first kappa shape index (κ1) is 18.0. The van der Waals surface area contributed by atoms with E-state index in [1.165, 1.54) is 30.8 Å². The van der Waals surface area contributed by atoms with Gasteiger partial charge in [0.05, 0.1) is 17.4 Å². The zero-order valence-corrected chi connectivity index (χ0v) is 14.7. The Labute approximate surface area is 152 Å². The topological polar surface area (TPSA) is 71.1 Å². The maximum Gasteiger partial charge on any atom is 0.258 e. The highest BCUT2D eigenvalue weighted by molar-refractivity contribution is 6.04. The molecule has 5 nitrogen and oxygen atoms in total. The number of nitrogens with one attached hydrogen (secondary N) is 2. The van der Waals surface area contributed by atoms with E-state index in [1.807, 2.05) is 0 Å². The molecule has 1 aromatic heterocycles. The summed E-state index contributed by atoms with van der Waals surface area (Å²) in [4.78, 5) is 28.7. The second kappa shape index (κ2) is 8.08. The number of aryl methyl sites for hydroxylation is 1. The van der Waals surface area contributed by atoms with E-state index in [1.54, 1.807) is 19.1 Å². The lowest BCUT2D eigenvalue weighted by molar-refractivity contribution is -0.120. The molecule has 1 fully saturated rings. The van der Waals surface area contributed by atoms with Crippen LogP contribution in [-0.2, 0) is 4.79 Å². The Kier molecular flexibility index (Phi) is 5.61. The summed E-state index contributed by atoms with van der Waals surface area (Å²) in [6.45, 7) is 1.80. The summed E-state index contributed by atoms with van der Waals surface area (Å²) in [7, 11) is 0. The summed E-state index contributed by atoms with van der Waals surface area (Å²) in [6, 6.07) is 7.50. The van der Waals surface area contributed by atoms with Crippen LogP contribution in [0.3, 0.4) is 0 Å². The van der Waals surface area contributed by atoms with E-state index < -0.39 is 11.7 Å². The minimum atomic E-state index is -0.577. The van der Waals surface area contributed by atoms with Gasteiger partial charge in [0.25, 0.3) is 5.91 Å². The molecule has 0 saturated heterocycles. The molecule has 0 unspecified atom stereocenters. The molecule has 0 atom stereocenters. The van der Waals surface area contributed by atoms with Crippen LogP contribution >= 0.6 is 0 Å². The highest BCUT2D eigenvalue weighted by atomic mass is 19.1. The Hall–Kier alpha value is -2.76. The lowest BCUT2D eigenvalue weighted by atomic mass is 9.89. The molecule has 2 N–H and O–H groups in total. The Morgan fingerprint density at radius 1 is 1.12 bits per heavy atom.